The van der Waals surface area contributed by atoms with E-state index in [2.05, 4.69) is 42.0 Å². The van der Waals surface area contributed by atoms with Crippen molar-refractivity contribution in [2.45, 2.75) is 19.8 Å². The lowest BCUT2D eigenvalue weighted by Crippen LogP contribution is -2.15. The van der Waals surface area contributed by atoms with E-state index in [4.69, 9.17) is 4.98 Å². The Morgan fingerprint density at radius 2 is 1.81 bits per heavy atom. The summed E-state index contributed by atoms with van der Waals surface area (Å²) in [6.07, 6.45) is 1.90. The quantitative estimate of drug-likeness (QED) is 0.735. The fourth-order valence-electron chi connectivity index (χ4n) is 2.40. The van der Waals surface area contributed by atoms with Crippen molar-refractivity contribution in [1.82, 2.24) is 14.6 Å². The molecule has 0 atom stereocenters. The highest BCUT2D eigenvalue weighted by Gasteiger charge is 2.15. The topological polar surface area (TPSA) is 33.4 Å². The zero-order chi connectivity index (χ0) is 15.0. The number of benzene rings is 1. The van der Waals surface area contributed by atoms with Crippen LogP contribution < -0.4 is 4.90 Å². The highest BCUT2D eigenvalue weighted by molar-refractivity contribution is 5.78. The number of fused-ring (bicyclic) bond motifs is 1. The zero-order valence-electron chi connectivity index (χ0n) is 12.9. The Hall–Kier alpha value is -2.36. The van der Waals surface area contributed by atoms with E-state index >= 15 is 0 Å². The summed E-state index contributed by atoms with van der Waals surface area (Å²) in [6, 6.07) is 12.4. The number of hydrogen-bond acceptors (Lipinski definition) is 3. The third-order valence-electron chi connectivity index (χ3n) is 3.61. The number of hydrogen-bond donors (Lipinski definition) is 0. The summed E-state index contributed by atoms with van der Waals surface area (Å²) in [5.41, 5.74) is 4.21. The molecule has 2 heterocycles. The lowest BCUT2D eigenvalue weighted by atomic mass is 10.1. The van der Waals surface area contributed by atoms with Crippen LogP contribution in [0.25, 0.3) is 16.8 Å². The molecule has 0 aliphatic heterocycles. The second-order valence-corrected chi connectivity index (χ2v) is 5.75. The summed E-state index contributed by atoms with van der Waals surface area (Å²) >= 11 is 0. The normalized spacial score (nSPS) is 11.3. The fourth-order valence-corrected chi connectivity index (χ4v) is 2.40. The van der Waals surface area contributed by atoms with Crippen LogP contribution in [0.5, 0.6) is 0 Å². The van der Waals surface area contributed by atoms with E-state index in [1.165, 1.54) is 0 Å². The molecule has 4 nitrogen and oxygen atoms in total. The average molecular weight is 280 g/mol. The molecule has 3 aromatic rings. The summed E-state index contributed by atoms with van der Waals surface area (Å²) in [6.45, 7) is 4.33. The highest BCUT2D eigenvalue weighted by atomic mass is 15.3. The molecule has 0 saturated carbocycles. The molecule has 21 heavy (non-hydrogen) atoms. The van der Waals surface area contributed by atoms with Crippen LogP contribution in [0, 0.1) is 0 Å². The van der Waals surface area contributed by atoms with Gasteiger partial charge in [0, 0.05) is 31.4 Å². The summed E-state index contributed by atoms with van der Waals surface area (Å²) in [5, 5.41) is 4.53. The maximum absolute atomic E-state index is 4.83. The van der Waals surface area contributed by atoms with Gasteiger partial charge in [-0.05, 0) is 11.5 Å². The Morgan fingerprint density at radius 3 is 2.43 bits per heavy atom. The number of anilines is 1. The molecule has 3 rings (SSSR count). The van der Waals surface area contributed by atoms with Crippen LogP contribution in [0.4, 0.5) is 5.82 Å². The Labute approximate surface area is 125 Å². The molecule has 0 bridgehead atoms. The minimum atomic E-state index is 0.382. The van der Waals surface area contributed by atoms with Crippen LogP contribution >= 0.6 is 0 Å². The lowest BCUT2D eigenvalue weighted by molar-refractivity contribution is 0.802. The minimum Gasteiger partial charge on any atom is -0.363 e. The van der Waals surface area contributed by atoms with E-state index in [9.17, 15) is 0 Å². The predicted molar refractivity (Wildman–Crippen MR) is 86.8 cm³/mol. The van der Waals surface area contributed by atoms with E-state index in [1.807, 2.05) is 43.0 Å². The minimum absolute atomic E-state index is 0.382. The molecule has 0 radical (unpaired) electrons. The highest BCUT2D eigenvalue weighted by Crippen LogP contribution is 2.28. The van der Waals surface area contributed by atoms with Crippen molar-refractivity contribution in [2.75, 3.05) is 19.0 Å². The van der Waals surface area contributed by atoms with Crippen molar-refractivity contribution in [3.05, 3.63) is 48.3 Å². The van der Waals surface area contributed by atoms with E-state index < -0.39 is 0 Å². The van der Waals surface area contributed by atoms with Crippen molar-refractivity contribution in [1.29, 1.82) is 0 Å². The number of nitrogens with zero attached hydrogens (tertiary/aromatic N) is 4. The van der Waals surface area contributed by atoms with Gasteiger partial charge in [-0.25, -0.2) is 4.98 Å². The monoisotopic (exact) mass is 280 g/mol. The summed E-state index contributed by atoms with van der Waals surface area (Å²) in [7, 11) is 4.06. The van der Waals surface area contributed by atoms with E-state index in [1.54, 1.807) is 0 Å². The molecule has 0 aliphatic rings. The van der Waals surface area contributed by atoms with Gasteiger partial charge < -0.3 is 4.90 Å². The molecule has 108 valence electrons. The van der Waals surface area contributed by atoms with Gasteiger partial charge in [0.05, 0.1) is 6.20 Å². The Balaban J connectivity index is 2.29. The molecule has 0 unspecified atom stereocenters. The molecule has 0 spiro atoms. The summed E-state index contributed by atoms with van der Waals surface area (Å²) in [5.74, 6) is 1.43. The van der Waals surface area contributed by atoms with E-state index in [-0.39, 0.29) is 0 Å². The molecule has 0 aliphatic carbocycles. The smallest absolute Gasteiger partial charge is 0.165 e. The third kappa shape index (κ3) is 2.37. The number of rotatable bonds is 3. The number of aromatic nitrogens is 3. The first-order valence-electron chi connectivity index (χ1n) is 7.19. The van der Waals surface area contributed by atoms with Crippen LogP contribution in [0.3, 0.4) is 0 Å². The molecule has 0 saturated heterocycles. The van der Waals surface area contributed by atoms with Crippen molar-refractivity contribution in [3.63, 3.8) is 0 Å². The average Bonchev–Trinajstić information content (AvgIpc) is 2.90. The maximum Gasteiger partial charge on any atom is 0.165 e. The SMILES string of the molecule is CC(C)c1cc(N(C)C)n2ncc(-c3ccccc3)c2n1. The van der Waals surface area contributed by atoms with Crippen LogP contribution in [0.15, 0.2) is 42.6 Å². The largest absolute Gasteiger partial charge is 0.363 e. The Kier molecular flexibility index (Phi) is 3.37. The second-order valence-electron chi connectivity index (χ2n) is 5.75. The molecule has 2 aromatic heterocycles. The molecule has 0 N–H and O–H groups in total. The molecular formula is C17H20N4. The Morgan fingerprint density at radius 1 is 1.10 bits per heavy atom. The third-order valence-corrected chi connectivity index (χ3v) is 3.61. The van der Waals surface area contributed by atoms with Gasteiger partial charge in [-0.3, -0.25) is 0 Å². The first kappa shape index (κ1) is 13.6. The molecule has 4 heteroatoms. The Bertz CT molecular complexity index is 757. The van der Waals surface area contributed by atoms with Crippen molar-refractivity contribution < 1.29 is 0 Å². The molecule has 0 amide bonds. The maximum atomic E-state index is 4.83. The van der Waals surface area contributed by atoms with Crippen LogP contribution in [-0.2, 0) is 0 Å². The predicted octanol–water partition coefficient (Wildman–Crippen LogP) is 3.59. The van der Waals surface area contributed by atoms with Gasteiger partial charge in [0.15, 0.2) is 5.65 Å². The first-order chi connectivity index (χ1) is 10.1. The first-order valence-corrected chi connectivity index (χ1v) is 7.19. The lowest BCUT2D eigenvalue weighted by Gasteiger charge is -2.16. The van der Waals surface area contributed by atoms with Gasteiger partial charge in [0.1, 0.15) is 5.82 Å². The standard InChI is InChI=1S/C17H20N4/c1-12(2)15-10-16(20(3)4)21-17(19-15)14(11-18-21)13-8-6-5-7-9-13/h5-12H,1-4H3. The summed E-state index contributed by atoms with van der Waals surface area (Å²) < 4.78 is 1.91. The van der Waals surface area contributed by atoms with Crippen LogP contribution in [-0.4, -0.2) is 28.7 Å². The van der Waals surface area contributed by atoms with Gasteiger partial charge in [-0.1, -0.05) is 44.2 Å². The molecular weight excluding hydrogens is 260 g/mol. The van der Waals surface area contributed by atoms with Crippen molar-refractivity contribution in [2.24, 2.45) is 0 Å². The van der Waals surface area contributed by atoms with Crippen molar-refractivity contribution >= 4 is 11.5 Å². The zero-order valence-corrected chi connectivity index (χ0v) is 12.9. The van der Waals surface area contributed by atoms with Gasteiger partial charge >= 0.3 is 0 Å². The van der Waals surface area contributed by atoms with Gasteiger partial charge in [-0.15, -0.1) is 0 Å². The fraction of sp³-hybridized carbons (Fsp3) is 0.294. The van der Waals surface area contributed by atoms with Gasteiger partial charge in [0.25, 0.3) is 0 Å². The summed E-state index contributed by atoms with van der Waals surface area (Å²) in [4.78, 5) is 6.90. The van der Waals surface area contributed by atoms with Crippen molar-refractivity contribution in [3.8, 4) is 11.1 Å². The van der Waals surface area contributed by atoms with Crippen LogP contribution in [0.1, 0.15) is 25.5 Å². The van der Waals surface area contributed by atoms with E-state index in [0.29, 0.717) is 5.92 Å². The second kappa shape index (κ2) is 5.20. The van der Waals surface area contributed by atoms with Crippen LogP contribution in [0.2, 0.25) is 0 Å². The molecule has 0 fully saturated rings. The van der Waals surface area contributed by atoms with Gasteiger partial charge in [0.2, 0.25) is 0 Å². The molecule has 1 aromatic carbocycles. The van der Waals surface area contributed by atoms with E-state index in [0.717, 1.165) is 28.3 Å². The van der Waals surface area contributed by atoms with Gasteiger partial charge in [-0.2, -0.15) is 9.61 Å².